The number of carbonyl (C=O) groups is 1. The first kappa shape index (κ1) is 10.2. The molecule has 4 heteroatoms. The summed E-state index contributed by atoms with van der Waals surface area (Å²) in [4.78, 5) is 16.7. The molecule has 82 valence electrons. The molecule has 1 aromatic rings. The lowest BCUT2D eigenvalue weighted by molar-refractivity contribution is -0.134. The van der Waals surface area contributed by atoms with Crippen LogP contribution in [0.5, 0.6) is 0 Å². The number of rotatable bonds is 3. The van der Waals surface area contributed by atoms with Gasteiger partial charge in [0.1, 0.15) is 0 Å². The predicted molar refractivity (Wildman–Crippen MR) is 58.2 cm³/mol. The quantitative estimate of drug-likeness (QED) is 0.762. The van der Waals surface area contributed by atoms with Gasteiger partial charge in [0.05, 0.1) is 5.92 Å². The molecule has 1 atom stereocenters. The third kappa shape index (κ3) is 2.39. The molecular formula is C11H17N3O. The summed E-state index contributed by atoms with van der Waals surface area (Å²) < 4.78 is 0. The molecule has 0 aliphatic carbocycles. The van der Waals surface area contributed by atoms with Crippen LogP contribution in [-0.2, 0) is 11.3 Å². The molecule has 0 aromatic carbocycles. The number of aromatic nitrogens is 1. The summed E-state index contributed by atoms with van der Waals surface area (Å²) in [6.45, 7) is 2.49. The highest BCUT2D eigenvalue weighted by atomic mass is 16.2. The molecule has 0 spiro atoms. The van der Waals surface area contributed by atoms with Crippen molar-refractivity contribution in [1.29, 1.82) is 0 Å². The van der Waals surface area contributed by atoms with Gasteiger partial charge < -0.3 is 15.2 Å². The molecule has 0 bridgehead atoms. The van der Waals surface area contributed by atoms with Crippen LogP contribution < -0.4 is 5.32 Å². The van der Waals surface area contributed by atoms with Gasteiger partial charge in [0.2, 0.25) is 5.91 Å². The fraction of sp³-hybridized carbons (Fsp3) is 0.545. The number of H-pyrrole nitrogens is 1. The Morgan fingerprint density at radius 3 is 3.13 bits per heavy atom. The van der Waals surface area contributed by atoms with E-state index in [0.717, 1.165) is 25.1 Å². The lowest BCUT2D eigenvalue weighted by Crippen LogP contribution is -2.33. The van der Waals surface area contributed by atoms with E-state index in [2.05, 4.69) is 10.3 Å². The zero-order valence-corrected chi connectivity index (χ0v) is 8.99. The Morgan fingerprint density at radius 2 is 2.53 bits per heavy atom. The minimum absolute atomic E-state index is 0.175. The lowest BCUT2D eigenvalue weighted by Gasteiger charge is -2.19. The molecule has 1 fully saturated rings. The Hall–Kier alpha value is -1.29. The summed E-state index contributed by atoms with van der Waals surface area (Å²) in [5.41, 5.74) is 1.15. The minimum Gasteiger partial charge on any atom is -0.367 e. The molecule has 2 heterocycles. The summed E-state index contributed by atoms with van der Waals surface area (Å²) in [5, 5.41) is 3.21. The lowest BCUT2D eigenvalue weighted by atomic mass is 10.1. The number of amides is 1. The van der Waals surface area contributed by atoms with Gasteiger partial charge in [0.25, 0.3) is 0 Å². The molecule has 1 amide bonds. The fourth-order valence-electron chi connectivity index (χ4n) is 1.99. The highest BCUT2D eigenvalue weighted by molar-refractivity contribution is 5.79. The topological polar surface area (TPSA) is 48.1 Å². The van der Waals surface area contributed by atoms with E-state index in [4.69, 9.17) is 0 Å². The van der Waals surface area contributed by atoms with E-state index in [9.17, 15) is 4.79 Å². The summed E-state index contributed by atoms with van der Waals surface area (Å²) in [7, 11) is 1.87. The summed E-state index contributed by atoms with van der Waals surface area (Å²) >= 11 is 0. The minimum atomic E-state index is 0.175. The van der Waals surface area contributed by atoms with Crippen molar-refractivity contribution in [3.63, 3.8) is 0 Å². The van der Waals surface area contributed by atoms with Crippen LogP contribution in [0.1, 0.15) is 12.0 Å². The summed E-state index contributed by atoms with van der Waals surface area (Å²) in [6, 6.07) is 2.00. The van der Waals surface area contributed by atoms with Crippen molar-refractivity contribution < 1.29 is 4.79 Å². The predicted octanol–water partition coefficient (Wildman–Crippen LogP) is 0.583. The van der Waals surface area contributed by atoms with Crippen LogP contribution in [0.2, 0.25) is 0 Å². The van der Waals surface area contributed by atoms with E-state index in [1.807, 2.05) is 25.5 Å². The maximum atomic E-state index is 11.9. The molecule has 2 rings (SSSR count). The van der Waals surface area contributed by atoms with Gasteiger partial charge in [-0.05, 0) is 24.6 Å². The van der Waals surface area contributed by atoms with Crippen LogP contribution in [0.25, 0.3) is 0 Å². The molecule has 4 nitrogen and oxygen atoms in total. The van der Waals surface area contributed by atoms with E-state index in [-0.39, 0.29) is 11.8 Å². The first-order chi connectivity index (χ1) is 7.27. The Morgan fingerprint density at radius 1 is 1.67 bits per heavy atom. The van der Waals surface area contributed by atoms with Crippen LogP contribution in [0.3, 0.4) is 0 Å². The third-order valence-electron chi connectivity index (χ3n) is 2.87. The summed E-state index contributed by atoms with van der Waals surface area (Å²) in [6.07, 6.45) is 4.78. The molecule has 1 saturated heterocycles. The fourth-order valence-corrected chi connectivity index (χ4v) is 1.99. The van der Waals surface area contributed by atoms with Crippen LogP contribution in [0.4, 0.5) is 0 Å². The van der Waals surface area contributed by atoms with Gasteiger partial charge in [-0.3, -0.25) is 4.79 Å². The molecule has 1 aliphatic heterocycles. The smallest absolute Gasteiger partial charge is 0.227 e. The van der Waals surface area contributed by atoms with Crippen molar-refractivity contribution in [2.45, 2.75) is 13.0 Å². The van der Waals surface area contributed by atoms with E-state index in [0.29, 0.717) is 6.54 Å². The van der Waals surface area contributed by atoms with E-state index >= 15 is 0 Å². The second-order valence-corrected chi connectivity index (χ2v) is 4.10. The standard InChI is InChI=1S/C11H17N3O/c1-14(8-9-2-4-12-6-9)11(15)10-3-5-13-7-10/h2,4,6,10,12-13H,3,5,7-8H2,1H3. The van der Waals surface area contributed by atoms with Crippen LogP contribution in [0, 0.1) is 5.92 Å². The van der Waals surface area contributed by atoms with Crippen LogP contribution in [-0.4, -0.2) is 35.9 Å². The average Bonchev–Trinajstić information content (AvgIpc) is 2.88. The number of nitrogens with zero attached hydrogens (tertiary/aromatic N) is 1. The zero-order chi connectivity index (χ0) is 10.7. The van der Waals surface area contributed by atoms with Crippen molar-refractivity contribution in [3.8, 4) is 0 Å². The molecule has 15 heavy (non-hydrogen) atoms. The molecule has 1 aromatic heterocycles. The Balaban J connectivity index is 1.89. The monoisotopic (exact) mass is 207 g/mol. The number of aromatic amines is 1. The first-order valence-corrected chi connectivity index (χ1v) is 5.35. The van der Waals surface area contributed by atoms with Crippen molar-refractivity contribution in [2.24, 2.45) is 5.92 Å². The van der Waals surface area contributed by atoms with Gasteiger partial charge in [0.15, 0.2) is 0 Å². The van der Waals surface area contributed by atoms with E-state index < -0.39 is 0 Å². The number of hydrogen-bond acceptors (Lipinski definition) is 2. The van der Waals surface area contributed by atoms with Gasteiger partial charge in [-0.2, -0.15) is 0 Å². The number of hydrogen-bond donors (Lipinski definition) is 2. The van der Waals surface area contributed by atoms with Gasteiger partial charge in [-0.25, -0.2) is 0 Å². The first-order valence-electron chi connectivity index (χ1n) is 5.35. The van der Waals surface area contributed by atoms with Gasteiger partial charge >= 0.3 is 0 Å². The highest BCUT2D eigenvalue weighted by Crippen LogP contribution is 2.12. The molecule has 1 unspecified atom stereocenters. The van der Waals surface area contributed by atoms with Crippen molar-refractivity contribution in [1.82, 2.24) is 15.2 Å². The Kier molecular flexibility index (Phi) is 3.06. The molecular weight excluding hydrogens is 190 g/mol. The number of nitrogens with one attached hydrogen (secondary N) is 2. The normalized spacial score (nSPS) is 20.5. The molecule has 0 saturated carbocycles. The van der Waals surface area contributed by atoms with Crippen LogP contribution >= 0.6 is 0 Å². The Bertz CT molecular complexity index is 315. The van der Waals surface area contributed by atoms with Gasteiger partial charge in [0, 0.05) is 32.5 Å². The molecule has 0 radical (unpaired) electrons. The average molecular weight is 207 g/mol. The largest absolute Gasteiger partial charge is 0.367 e. The highest BCUT2D eigenvalue weighted by Gasteiger charge is 2.25. The maximum Gasteiger partial charge on any atom is 0.227 e. The summed E-state index contributed by atoms with van der Waals surface area (Å²) in [5.74, 6) is 0.426. The maximum absolute atomic E-state index is 11.9. The number of carbonyl (C=O) groups excluding carboxylic acids is 1. The Labute approximate surface area is 89.7 Å². The van der Waals surface area contributed by atoms with Crippen molar-refractivity contribution in [3.05, 3.63) is 24.0 Å². The van der Waals surface area contributed by atoms with Crippen molar-refractivity contribution in [2.75, 3.05) is 20.1 Å². The van der Waals surface area contributed by atoms with Crippen LogP contribution in [0.15, 0.2) is 18.5 Å². The van der Waals surface area contributed by atoms with Gasteiger partial charge in [-0.15, -0.1) is 0 Å². The van der Waals surface area contributed by atoms with Crippen molar-refractivity contribution >= 4 is 5.91 Å². The second kappa shape index (κ2) is 4.49. The van der Waals surface area contributed by atoms with E-state index in [1.54, 1.807) is 4.90 Å². The zero-order valence-electron chi connectivity index (χ0n) is 8.99. The van der Waals surface area contributed by atoms with Gasteiger partial charge in [-0.1, -0.05) is 0 Å². The third-order valence-corrected chi connectivity index (χ3v) is 2.87. The van der Waals surface area contributed by atoms with E-state index in [1.165, 1.54) is 0 Å². The molecule has 2 N–H and O–H groups in total. The second-order valence-electron chi connectivity index (χ2n) is 4.10. The SMILES string of the molecule is CN(Cc1cc[nH]c1)C(=O)C1CCNC1. The molecule has 1 aliphatic rings.